The molecule has 1 aromatic rings. The van der Waals surface area contributed by atoms with E-state index in [9.17, 15) is 0 Å². The summed E-state index contributed by atoms with van der Waals surface area (Å²) in [5.41, 5.74) is 1.23. The summed E-state index contributed by atoms with van der Waals surface area (Å²) >= 11 is 3.53. The summed E-state index contributed by atoms with van der Waals surface area (Å²) in [6, 6.07) is 6.57. The highest BCUT2D eigenvalue weighted by atomic mass is 79.9. The van der Waals surface area contributed by atoms with Crippen LogP contribution in [0.5, 0.6) is 5.75 Å². The maximum atomic E-state index is 6.04. The number of nitrogens with one attached hydrogen (secondary N) is 1. The molecule has 1 unspecified atom stereocenters. The summed E-state index contributed by atoms with van der Waals surface area (Å²) in [4.78, 5) is 0. The van der Waals surface area contributed by atoms with Crippen LogP contribution in [-0.4, -0.2) is 13.7 Å². The molecule has 1 atom stereocenters. The third-order valence-electron chi connectivity index (χ3n) is 3.82. The minimum Gasteiger partial charge on any atom is -0.493 e. The molecule has 0 aromatic heterocycles. The predicted octanol–water partition coefficient (Wildman–Crippen LogP) is 4.30. The van der Waals surface area contributed by atoms with Crippen molar-refractivity contribution in [1.82, 2.24) is 5.32 Å². The molecule has 1 aliphatic rings. The fourth-order valence-electron chi connectivity index (χ4n) is 2.53. The minimum atomic E-state index is 0.307. The molecular formula is C15H22BrNO. The number of halogens is 1. The zero-order valence-electron chi connectivity index (χ0n) is 11.2. The molecule has 1 fully saturated rings. The smallest absolute Gasteiger partial charge is 0.124 e. The average molecular weight is 312 g/mol. The molecule has 2 rings (SSSR count). The van der Waals surface area contributed by atoms with Gasteiger partial charge in [-0.05, 0) is 50.9 Å². The van der Waals surface area contributed by atoms with E-state index in [1.807, 2.05) is 7.05 Å². The van der Waals surface area contributed by atoms with E-state index in [4.69, 9.17) is 4.74 Å². The zero-order chi connectivity index (χ0) is 13.0. The molecule has 1 N–H and O–H groups in total. The molecule has 1 saturated carbocycles. The minimum absolute atomic E-state index is 0.307. The normalized spacial score (nSPS) is 17.9. The maximum absolute atomic E-state index is 6.04. The molecule has 0 amide bonds. The second-order valence-electron chi connectivity index (χ2n) is 5.15. The summed E-state index contributed by atoms with van der Waals surface area (Å²) in [5, 5.41) is 3.28. The molecule has 0 radical (unpaired) electrons. The van der Waals surface area contributed by atoms with Crippen molar-refractivity contribution in [3.8, 4) is 5.75 Å². The van der Waals surface area contributed by atoms with Crippen molar-refractivity contribution < 1.29 is 4.74 Å². The maximum Gasteiger partial charge on any atom is 0.124 e. The molecular weight excluding hydrogens is 290 g/mol. The average Bonchev–Trinajstić information content (AvgIpc) is 2.89. The molecule has 1 aromatic carbocycles. The Morgan fingerprint density at radius 2 is 2.11 bits per heavy atom. The number of ether oxygens (including phenoxy) is 1. The van der Waals surface area contributed by atoms with Crippen LogP contribution < -0.4 is 10.1 Å². The Morgan fingerprint density at radius 3 is 2.78 bits per heavy atom. The Hall–Kier alpha value is -0.540. The van der Waals surface area contributed by atoms with E-state index < -0.39 is 0 Å². The van der Waals surface area contributed by atoms with E-state index >= 15 is 0 Å². The van der Waals surface area contributed by atoms with Crippen LogP contribution in [0.2, 0.25) is 0 Å². The third kappa shape index (κ3) is 3.48. The Bertz CT molecular complexity index is 388. The lowest BCUT2D eigenvalue weighted by Crippen LogP contribution is -2.15. The molecule has 100 valence electrons. The van der Waals surface area contributed by atoms with E-state index in [1.165, 1.54) is 31.2 Å². The van der Waals surface area contributed by atoms with Crippen molar-refractivity contribution >= 4 is 15.9 Å². The first-order chi connectivity index (χ1) is 8.70. The number of rotatable bonds is 5. The fourth-order valence-corrected chi connectivity index (χ4v) is 2.91. The van der Waals surface area contributed by atoms with E-state index in [1.54, 1.807) is 0 Å². The molecule has 0 spiro atoms. The Kier molecular flexibility index (Phi) is 5.07. The van der Waals surface area contributed by atoms with Crippen molar-refractivity contribution in [2.24, 2.45) is 5.92 Å². The van der Waals surface area contributed by atoms with Crippen LogP contribution in [-0.2, 0) is 0 Å². The van der Waals surface area contributed by atoms with Crippen LogP contribution >= 0.6 is 15.9 Å². The van der Waals surface area contributed by atoms with E-state index in [0.717, 1.165) is 22.7 Å². The van der Waals surface area contributed by atoms with Gasteiger partial charge < -0.3 is 10.1 Å². The summed E-state index contributed by atoms with van der Waals surface area (Å²) in [7, 11) is 1.98. The van der Waals surface area contributed by atoms with Crippen LogP contribution in [0.4, 0.5) is 0 Å². The lowest BCUT2D eigenvalue weighted by Gasteiger charge is -2.18. The van der Waals surface area contributed by atoms with Crippen LogP contribution in [0.3, 0.4) is 0 Å². The van der Waals surface area contributed by atoms with E-state index in [0.29, 0.717) is 6.04 Å². The molecule has 2 nitrogen and oxygen atoms in total. The van der Waals surface area contributed by atoms with Crippen molar-refractivity contribution in [3.63, 3.8) is 0 Å². The van der Waals surface area contributed by atoms with Gasteiger partial charge >= 0.3 is 0 Å². The summed E-state index contributed by atoms with van der Waals surface area (Å²) < 4.78 is 7.14. The lowest BCUT2D eigenvalue weighted by molar-refractivity contribution is 0.248. The number of benzene rings is 1. The highest BCUT2D eigenvalue weighted by molar-refractivity contribution is 9.10. The molecule has 1 aliphatic carbocycles. The van der Waals surface area contributed by atoms with Gasteiger partial charge in [0.15, 0.2) is 0 Å². The van der Waals surface area contributed by atoms with Gasteiger partial charge in [-0.25, -0.2) is 0 Å². The largest absolute Gasteiger partial charge is 0.493 e. The first kappa shape index (κ1) is 13.9. The van der Waals surface area contributed by atoms with Gasteiger partial charge in [0.2, 0.25) is 0 Å². The van der Waals surface area contributed by atoms with Crippen LogP contribution in [0.25, 0.3) is 0 Å². The van der Waals surface area contributed by atoms with Crippen molar-refractivity contribution in [3.05, 3.63) is 28.2 Å². The standard InChI is InChI=1S/C15H22BrNO/c1-11(17-2)14-9-13(16)7-8-15(14)18-10-12-5-3-4-6-12/h7-9,11-12,17H,3-6,10H2,1-2H3. The number of hydrogen-bond donors (Lipinski definition) is 1. The topological polar surface area (TPSA) is 21.3 Å². The monoisotopic (exact) mass is 311 g/mol. The molecule has 0 bridgehead atoms. The Labute approximate surface area is 118 Å². The highest BCUT2D eigenvalue weighted by Crippen LogP contribution is 2.30. The van der Waals surface area contributed by atoms with Gasteiger partial charge in [-0.3, -0.25) is 0 Å². The quantitative estimate of drug-likeness (QED) is 0.875. The lowest BCUT2D eigenvalue weighted by atomic mass is 10.1. The third-order valence-corrected chi connectivity index (χ3v) is 4.31. The summed E-state index contributed by atoms with van der Waals surface area (Å²) in [5.74, 6) is 1.78. The highest BCUT2D eigenvalue weighted by Gasteiger charge is 2.17. The zero-order valence-corrected chi connectivity index (χ0v) is 12.8. The van der Waals surface area contributed by atoms with E-state index in [-0.39, 0.29) is 0 Å². The van der Waals surface area contributed by atoms with Gasteiger partial charge in [0.05, 0.1) is 6.61 Å². The molecule has 18 heavy (non-hydrogen) atoms. The molecule has 0 heterocycles. The first-order valence-electron chi connectivity index (χ1n) is 6.80. The van der Waals surface area contributed by atoms with E-state index in [2.05, 4.69) is 46.4 Å². The van der Waals surface area contributed by atoms with Crippen LogP contribution in [0, 0.1) is 5.92 Å². The summed E-state index contributed by atoms with van der Waals surface area (Å²) in [6.07, 6.45) is 5.39. The van der Waals surface area contributed by atoms with Gasteiger partial charge in [0.1, 0.15) is 5.75 Å². The van der Waals surface area contributed by atoms with Gasteiger partial charge in [0.25, 0.3) is 0 Å². The number of hydrogen-bond acceptors (Lipinski definition) is 2. The van der Waals surface area contributed by atoms with Crippen molar-refractivity contribution in [2.75, 3.05) is 13.7 Å². The van der Waals surface area contributed by atoms with Gasteiger partial charge in [0, 0.05) is 16.1 Å². The van der Waals surface area contributed by atoms with Gasteiger partial charge in [-0.15, -0.1) is 0 Å². The second-order valence-corrected chi connectivity index (χ2v) is 6.07. The second kappa shape index (κ2) is 6.58. The Morgan fingerprint density at radius 1 is 1.39 bits per heavy atom. The SMILES string of the molecule is CNC(C)c1cc(Br)ccc1OCC1CCCC1. The van der Waals surface area contributed by atoms with Gasteiger partial charge in [-0.2, -0.15) is 0 Å². The first-order valence-corrected chi connectivity index (χ1v) is 7.59. The molecule has 0 saturated heterocycles. The molecule has 0 aliphatic heterocycles. The van der Waals surface area contributed by atoms with Crippen LogP contribution in [0.1, 0.15) is 44.2 Å². The van der Waals surface area contributed by atoms with Crippen LogP contribution in [0.15, 0.2) is 22.7 Å². The Balaban J connectivity index is 2.05. The van der Waals surface area contributed by atoms with Crippen molar-refractivity contribution in [1.29, 1.82) is 0 Å². The van der Waals surface area contributed by atoms with Crippen molar-refractivity contribution in [2.45, 2.75) is 38.6 Å². The van der Waals surface area contributed by atoms with Gasteiger partial charge in [-0.1, -0.05) is 28.8 Å². The fraction of sp³-hybridized carbons (Fsp3) is 0.600. The molecule has 3 heteroatoms. The predicted molar refractivity (Wildman–Crippen MR) is 79.1 cm³/mol. The summed E-state index contributed by atoms with van der Waals surface area (Å²) in [6.45, 7) is 3.02.